The Bertz CT molecular complexity index is 686. The van der Waals surface area contributed by atoms with E-state index in [2.05, 4.69) is 10.3 Å². The zero-order valence-electron chi connectivity index (χ0n) is 11.3. The molecule has 1 aliphatic heterocycles. The van der Waals surface area contributed by atoms with Crippen molar-refractivity contribution >= 4 is 16.9 Å². The molecule has 1 aromatic carbocycles. The van der Waals surface area contributed by atoms with Crippen LogP contribution in [0.15, 0.2) is 42.6 Å². The number of anilines is 2. The van der Waals surface area contributed by atoms with Gasteiger partial charge in [-0.05, 0) is 36.3 Å². The minimum atomic E-state index is -0.507. The summed E-state index contributed by atoms with van der Waals surface area (Å²) in [4.78, 5) is 4.35. The minimum absolute atomic E-state index is 0.0944. The van der Waals surface area contributed by atoms with Gasteiger partial charge in [-0.2, -0.15) is 0 Å². The number of hydrogen-bond donors (Lipinski definition) is 1. The van der Waals surface area contributed by atoms with Crippen LogP contribution in [0.4, 0.5) is 20.2 Å². The summed E-state index contributed by atoms with van der Waals surface area (Å²) in [5, 5.41) is 2.92. The zero-order chi connectivity index (χ0) is 14.7. The molecule has 108 valence electrons. The van der Waals surface area contributed by atoms with E-state index in [0.717, 1.165) is 35.9 Å². The van der Waals surface area contributed by atoms with Gasteiger partial charge in [0.05, 0.1) is 30.3 Å². The molecule has 0 bridgehead atoms. The summed E-state index contributed by atoms with van der Waals surface area (Å²) < 4.78 is 32.3. The van der Waals surface area contributed by atoms with Gasteiger partial charge in [-0.1, -0.05) is 6.08 Å². The van der Waals surface area contributed by atoms with Gasteiger partial charge in [0.2, 0.25) is 0 Å². The molecular weight excluding hydrogens is 274 g/mol. The SMILES string of the molecule is Fc1ccc(F)c(Nc2cccnc2C2=CCOCC2)c1. The molecule has 0 saturated heterocycles. The Morgan fingerprint density at radius 1 is 1.14 bits per heavy atom. The van der Waals surface area contributed by atoms with Crippen LogP contribution in [0, 0.1) is 11.6 Å². The molecule has 0 saturated carbocycles. The molecule has 0 atom stereocenters. The highest BCUT2D eigenvalue weighted by Crippen LogP contribution is 2.29. The average molecular weight is 288 g/mol. The van der Waals surface area contributed by atoms with Gasteiger partial charge in [-0.15, -0.1) is 0 Å². The summed E-state index contributed by atoms with van der Waals surface area (Å²) in [5.41, 5.74) is 2.53. The third-order valence-electron chi connectivity index (χ3n) is 3.27. The maximum absolute atomic E-state index is 13.7. The lowest BCUT2D eigenvalue weighted by Gasteiger charge is -2.17. The normalized spacial score (nSPS) is 14.7. The molecular formula is C16H14F2N2O. The predicted octanol–water partition coefficient (Wildman–Crippen LogP) is 3.91. The first-order valence-electron chi connectivity index (χ1n) is 6.68. The van der Waals surface area contributed by atoms with Gasteiger partial charge < -0.3 is 10.1 Å². The molecule has 0 spiro atoms. The second-order valence-electron chi connectivity index (χ2n) is 4.70. The van der Waals surface area contributed by atoms with Crippen molar-refractivity contribution in [3.05, 3.63) is 59.9 Å². The molecule has 0 radical (unpaired) electrons. The van der Waals surface area contributed by atoms with Crippen LogP contribution in [-0.4, -0.2) is 18.2 Å². The van der Waals surface area contributed by atoms with Gasteiger partial charge in [0.25, 0.3) is 0 Å². The van der Waals surface area contributed by atoms with E-state index in [9.17, 15) is 8.78 Å². The van der Waals surface area contributed by atoms with E-state index in [1.165, 1.54) is 0 Å². The predicted molar refractivity (Wildman–Crippen MR) is 77.3 cm³/mol. The highest BCUT2D eigenvalue weighted by atomic mass is 19.1. The lowest BCUT2D eigenvalue weighted by atomic mass is 10.1. The first-order valence-corrected chi connectivity index (χ1v) is 6.68. The Hall–Kier alpha value is -2.27. The zero-order valence-corrected chi connectivity index (χ0v) is 11.3. The van der Waals surface area contributed by atoms with Crippen molar-refractivity contribution in [3.8, 4) is 0 Å². The number of halogens is 2. The second kappa shape index (κ2) is 6.01. The molecule has 0 fully saturated rings. The van der Waals surface area contributed by atoms with E-state index in [1.807, 2.05) is 6.08 Å². The lowest BCUT2D eigenvalue weighted by molar-refractivity contribution is 0.161. The van der Waals surface area contributed by atoms with Gasteiger partial charge in [0.15, 0.2) is 0 Å². The van der Waals surface area contributed by atoms with Crippen molar-refractivity contribution in [1.82, 2.24) is 4.98 Å². The highest BCUT2D eigenvalue weighted by molar-refractivity contribution is 5.77. The van der Waals surface area contributed by atoms with Gasteiger partial charge in [0, 0.05) is 12.3 Å². The van der Waals surface area contributed by atoms with Crippen LogP contribution in [-0.2, 0) is 4.74 Å². The van der Waals surface area contributed by atoms with Crippen LogP contribution < -0.4 is 5.32 Å². The molecule has 0 unspecified atom stereocenters. The molecule has 5 heteroatoms. The molecule has 1 N–H and O–H groups in total. The first kappa shape index (κ1) is 13.7. The van der Waals surface area contributed by atoms with E-state index < -0.39 is 11.6 Å². The van der Waals surface area contributed by atoms with Crippen LogP contribution in [0.2, 0.25) is 0 Å². The number of nitrogens with zero attached hydrogens (tertiary/aromatic N) is 1. The molecule has 3 nitrogen and oxygen atoms in total. The Kier molecular flexibility index (Phi) is 3.92. The summed E-state index contributed by atoms with van der Waals surface area (Å²) >= 11 is 0. The Morgan fingerprint density at radius 2 is 2.05 bits per heavy atom. The monoisotopic (exact) mass is 288 g/mol. The number of pyridine rings is 1. The molecule has 2 heterocycles. The Labute approximate surface area is 121 Å². The fourth-order valence-corrected chi connectivity index (χ4v) is 2.24. The fraction of sp³-hybridized carbons (Fsp3) is 0.188. The quantitative estimate of drug-likeness (QED) is 0.930. The topological polar surface area (TPSA) is 34.2 Å². The van der Waals surface area contributed by atoms with E-state index in [-0.39, 0.29) is 5.69 Å². The maximum atomic E-state index is 13.7. The number of hydrogen-bond acceptors (Lipinski definition) is 3. The summed E-state index contributed by atoms with van der Waals surface area (Å²) in [6, 6.07) is 6.86. The molecule has 21 heavy (non-hydrogen) atoms. The summed E-state index contributed by atoms with van der Waals surface area (Å²) in [5.74, 6) is -0.998. The Morgan fingerprint density at radius 3 is 2.86 bits per heavy atom. The van der Waals surface area contributed by atoms with Crippen LogP contribution in [0.5, 0.6) is 0 Å². The molecule has 1 aliphatic rings. The van der Waals surface area contributed by atoms with Gasteiger partial charge in [-0.25, -0.2) is 8.78 Å². The highest BCUT2D eigenvalue weighted by Gasteiger charge is 2.13. The minimum Gasteiger partial charge on any atom is -0.377 e. The molecule has 0 aliphatic carbocycles. The van der Waals surface area contributed by atoms with Crippen LogP contribution in [0.25, 0.3) is 5.57 Å². The van der Waals surface area contributed by atoms with Crippen LogP contribution in [0.3, 0.4) is 0 Å². The van der Waals surface area contributed by atoms with E-state index in [0.29, 0.717) is 18.9 Å². The standard InChI is InChI=1S/C16H14F2N2O/c17-12-3-4-13(18)15(10-12)20-14-2-1-7-19-16(14)11-5-8-21-9-6-11/h1-5,7,10,20H,6,8-9H2. The molecule has 2 aromatic rings. The van der Waals surface area contributed by atoms with Crippen molar-refractivity contribution in [2.75, 3.05) is 18.5 Å². The largest absolute Gasteiger partial charge is 0.377 e. The number of benzene rings is 1. The van der Waals surface area contributed by atoms with E-state index >= 15 is 0 Å². The van der Waals surface area contributed by atoms with Crippen molar-refractivity contribution < 1.29 is 13.5 Å². The van der Waals surface area contributed by atoms with Gasteiger partial charge >= 0.3 is 0 Å². The molecule has 1 aromatic heterocycles. The van der Waals surface area contributed by atoms with Gasteiger partial charge in [-0.3, -0.25) is 4.98 Å². The number of ether oxygens (including phenoxy) is 1. The lowest BCUT2D eigenvalue weighted by Crippen LogP contribution is -2.07. The average Bonchev–Trinajstić information content (AvgIpc) is 2.52. The third-order valence-corrected chi connectivity index (χ3v) is 3.27. The third kappa shape index (κ3) is 3.08. The van der Waals surface area contributed by atoms with Crippen molar-refractivity contribution in [1.29, 1.82) is 0 Å². The maximum Gasteiger partial charge on any atom is 0.146 e. The van der Waals surface area contributed by atoms with Gasteiger partial charge in [0.1, 0.15) is 11.6 Å². The number of nitrogens with one attached hydrogen (secondary N) is 1. The Balaban J connectivity index is 1.95. The smallest absolute Gasteiger partial charge is 0.146 e. The van der Waals surface area contributed by atoms with Crippen LogP contribution >= 0.6 is 0 Å². The molecule has 3 rings (SSSR count). The summed E-state index contributed by atoms with van der Waals surface area (Å²) in [6.07, 6.45) is 4.38. The summed E-state index contributed by atoms with van der Waals surface area (Å²) in [6.45, 7) is 1.18. The fourth-order valence-electron chi connectivity index (χ4n) is 2.24. The molecule has 0 amide bonds. The van der Waals surface area contributed by atoms with Crippen LogP contribution in [0.1, 0.15) is 12.1 Å². The van der Waals surface area contributed by atoms with Crippen molar-refractivity contribution in [2.45, 2.75) is 6.42 Å². The van der Waals surface area contributed by atoms with E-state index in [1.54, 1.807) is 18.3 Å². The number of aromatic nitrogens is 1. The summed E-state index contributed by atoms with van der Waals surface area (Å²) in [7, 11) is 0. The van der Waals surface area contributed by atoms with Crippen molar-refractivity contribution in [2.24, 2.45) is 0 Å². The second-order valence-corrected chi connectivity index (χ2v) is 4.70. The number of rotatable bonds is 3. The first-order chi connectivity index (χ1) is 10.2. The van der Waals surface area contributed by atoms with E-state index in [4.69, 9.17) is 4.74 Å². The van der Waals surface area contributed by atoms with Crippen molar-refractivity contribution in [3.63, 3.8) is 0 Å².